The minimum Gasteiger partial charge on any atom is -0.488 e. The molecular formula is C27H22N2O5S. The van der Waals surface area contributed by atoms with E-state index in [0.29, 0.717) is 17.0 Å². The van der Waals surface area contributed by atoms with Crippen LogP contribution in [0, 0.1) is 13.8 Å². The van der Waals surface area contributed by atoms with Crippen LogP contribution in [0.25, 0.3) is 6.08 Å². The number of nitrogens with zero attached hydrogens (tertiary/aromatic N) is 1. The van der Waals surface area contributed by atoms with Gasteiger partial charge in [0.1, 0.15) is 17.9 Å². The molecule has 0 bridgehead atoms. The van der Waals surface area contributed by atoms with Crippen LogP contribution in [0.5, 0.6) is 5.75 Å². The number of para-hydroxylation sites is 1. The highest BCUT2D eigenvalue weighted by molar-refractivity contribution is 7.80. The van der Waals surface area contributed by atoms with Gasteiger partial charge in [0.15, 0.2) is 5.11 Å². The Morgan fingerprint density at radius 3 is 2.46 bits per heavy atom. The SMILES string of the molecule is Cc1ccc(N2C(=O)/C(=C/c3ccccc3OCc3ccc(C(=O)O)cc3)C(=O)NC2=S)c(C)c1. The molecule has 3 aromatic rings. The summed E-state index contributed by atoms with van der Waals surface area (Å²) in [6.07, 6.45) is 1.48. The van der Waals surface area contributed by atoms with Gasteiger partial charge >= 0.3 is 5.97 Å². The highest BCUT2D eigenvalue weighted by Gasteiger charge is 2.35. The number of hydrogen-bond acceptors (Lipinski definition) is 5. The van der Waals surface area contributed by atoms with Crippen LogP contribution in [0.1, 0.15) is 32.6 Å². The lowest BCUT2D eigenvalue weighted by molar-refractivity contribution is -0.122. The lowest BCUT2D eigenvalue weighted by Gasteiger charge is -2.30. The van der Waals surface area contributed by atoms with E-state index in [-0.39, 0.29) is 22.9 Å². The summed E-state index contributed by atoms with van der Waals surface area (Å²) in [4.78, 5) is 38.5. The third-order valence-corrected chi connectivity index (χ3v) is 5.79. The highest BCUT2D eigenvalue weighted by Crippen LogP contribution is 2.28. The van der Waals surface area contributed by atoms with Gasteiger partial charge in [-0.3, -0.25) is 19.8 Å². The molecule has 2 amide bonds. The van der Waals surface area contributed by atoms with Gasteiger partial charge in [0.25, 0.3) is 11.8 Å². The maximum absolute atomic E-state index is 13.4. The molecule has 0 aromatic heterocycles. The molecule has 1 saturated heterocycles. The number of nitrogens with one attached hydrogen (secondary N) is 1. The Morgan fingerprint density at radius 2 is 1.77 bits per heavy atom. The fourth-order valence-corrected chi connectivity index (χ4v) is 4.00. The second-order valence-corrected chi connectivity index (χ2v) is 8.46. The second-order valence-electron chi connectivity index (χ2n) is 8.08. The van der Waals surface area contributed by atoms with Crippen LogP contribution >= 0.6 is 12.2 Å². The third kappa shape index (κ3) is 5.12. The number of thiocarbonyl (C=S) groups is 1. The van der Waals surface area contributed by atoms with Gasteiger partial charge in [0.05, 0.1) is 11.3 Å². The van der Waals surface area contributed by atoms with Crippen LogP contribution < -0.4 is 15.0 Å². The second kappa shape index (κ2) is 9.90. The summed E-state index contributed by atoms with van der Waals surface area (Å²) in [7, 11) is 0. The number of carbonyl (C=O) groups excluding carboxylic acids is 2. The van der Waals surface area contributed by atoms with Gasteiger partial charge < -0.3 is 9.84 Å². The van der Waals surface area contributed by atoms with Gasteiger partial charge in [-0.05, 0) is 67.5 Å². The largest absolute Gasteiger partial charge is 0.488 e. The van der Waals surface area contributed by atoms with E-state index in [1.165, 1.54) is 23.1 Å². The molecule has 2 N–H and O–H groups in total. The lowest BCUT2D eigenvalue weighted by Crippen LogP contribution is -2.54. The number of aromatic carboxylic acids is 1. The number of amides is 2. The van der Waals surface area contributed by atoms with Crippen molar-refractivity contribution in [2.75, 3.05) is 4.90 Å². The van der Waals surface area contributed by atoms with Crippen molar-refractivity contribution in [1.29, 1.82) is 0 Å². The van der Waals surface area contributed by atoms with E-state index in [1.807, 2.05) is 26.0 Å². The molecule has 1 fully saturated rings. The number of rotatable bonds is 6. The Labute approximate surface area is 207 Å². The standard InChI is InChI=1S/C27H22N2O5S/c1-16-7-12-22(17(2)13-16)29-25(31)21(24(30)28-27(29)35)14-20-5-3-4-6-23(20)34-15-18-8-10-19(11-9-18)26(32)33/h3-14H,15H2,1-2H3,(H,32,33)(H,28,30,35)/b21-14+. The summed E-state index contributed by atoms with van der Waals surface area (Å²) in [5.74, 6) is -1.64. The van der Waals surface area contributed by atoms with Gasteiger partial charge in [-0.1, -0.05) is 48.0 Å². The first-order valence-electron chi connectivity index (χ1n) is 10.8. The number of anilines is 1. The van der Waals surface area contributed by atoms with Crippen LogP contribution in [0.3, 0.4) is 0 Å². The molecule has 176 valence electrons. The molecule has 4 rings (SSSR count). The predicted molar refractivity (Wildman–Crippen MR) is 136 cm³/mol. The van der Waals surface area contributed by atoms with Crippen LogP contribution in [0.4, 0.5) is 5.69 Å². The molecule has 0 atom stereocenters. The van der Waals surface area contributed by atoms with Gasteiger partial charge in [0.2, 0.25) is 0 Å². The first kappa shape index (κ1) is 23.8. The number of benzene rings is 3. The van der Waals surface area contributed by atoms with Crippen LogP contribution in [0.2, 0.25) is 0 Å². The van der Waals surface area contributed by atoms with Gasteiger partial charge in [0, 0.05) is 5.56 Å². The van der Waals surface area contributed by atoms with Gasteiger partial charge in [-0.25, -0.2) is 4.79 Å². The Hall–Kier alpha value is -4.30. The molecule has 35 heavy (non-hydrogen) atoms. The van der Waals surface area contributed by atoms with Crippen molar-refractivity contribution in [2.45, 2.75) is 20.5 Å². The molecule has 1 heterocycles. The normalized spacial score (nSPS) is 14.7. The molecule has 0 unspecified atom stereocenters. The number of hydrogen-bond donors (Lipinski definition) is 2. The number of ether oxygens (including phenoxy) is 1. The Morgan fingerprint density at radius 1 is 1.06 bits per heavy atom. The molecule has 0 spiro atoms. The van der Waals surface area contributed by atoms with Crippen LogP contribution in [-0.4, -0.2) is 28.0 Å². The predicted octanol–water partition coefficient (Wildman–Crippen LogP) is 4.41. The van der Waals surface area contributed by atoms with E-state index >= 15 is 0 Å². The van der Waals surface area contributed by atoms with Crippen molar-refractivity contribution in [1.82, 2.24) is 5.32 Å². The fourth-order valence-electron chi connectivity index (χ4n) is 3.72. The van der Waals surface area contributed by atoms with Crippen molar-refractivity contribution in [3.05, 3.63) is 100 Å². The molecule has 8 heteroatoms. The summed E-state index contributed by atoms with van der Waals surface area (Å²) in [6, 6.07) is 19.0. The van der Waals surface area contributed by atoms with Crippen molar-refractivity contribution < 1.29 is 24.2 Å². The van der Waals surface area contributed by atoms with Crippen molar-refractivity contribution in [2.24, 2.45) is 0 Å². The maximum Gasteiger partial charge on any atom is 0.335 e. The topological polar surface area (TPSA) is 95.9 Å². The summed E-state index contributed by atoms with van der Waals surface area (Å²) in [5, 5.41) is 11.7. The lowest BCUT2D eigenvalue weighted by atomic mass is 10.0. The van der Waals surface area contributed by atoms with Crippen molar-refractivity contribution in [3.8, 4) is 5.75 Å². The average Bonchev–Trinajstić information content (AvgIpc) is 2.82. The first-order valence-corrected chi connectivity index (χ1v) is 11.2. The van der Waals surface area contributed by atoms with E-state index in [4.69, 9.17) is 22.1 Å². The number of carboxylic acids is 1. The van der Waals surface area contributed by atoms with E-state index < -0.39 is 17.8 Å². The monoisotopic (exact) mass is 486 g/mol. The first-order chi connectivity index (χ1) is 16.7. The molecular weight excluding hydrogens is 464 g/mol. The van der Waals surface area contributed by atoms with Crippen molar-refractivity contribution >= 4 is 46.9 Å². The average molecular weight is 487 g/mol. The molecule has 0 radical (unpaired) electrons. The summed E-state index contributed by atoms with van der Waals surface area (Å²) in [6.45, 7) is 4.01. The zero-order valence-electron chi connectivity index (χ0n) is 19.1. The third-order valence-electron chi connectivity index (χ3n) is 5.51. The molecule has 0 aliphatic carbocycles. The van der Waals surface area contributed by atoms with E-state index in [2.05, 4.69) is 5.32 Å². The van der Waals surface area contributed by atoms with E-state index in [1.54, 1.807) is 42.5 Å². The Kier molecular flexibility index (Phi) is 6.75. The molecule has 1 aliphatic rings. The maximum atomic E-state index is 13.4. The zero-order valence-corrected chi connectivity index (χ0v) is 19.9. The number of carboxylic acid groups (broad SMARTS) is 1. The summed E-state index contributed by atoms with van der Waals surface area (Å²) < 4.78 is 5.93. The van der Waals surface area contributed by atoms with E-state index in [9.17, 15) is 14.4 Å². The quantitative estimate of drug-likeness (QED) is 0.304. The zero-order chi connectivity index (χ0) is 25.1. The minimum atomic E-state index is -1.00. The van der Waals surface area contributed by atoms with Gasteiger partial charge in [-0.15, -0.1) is 0 Å². The molecule has 3 aromatic carbocycles. The van der Waals surface area contributed by atoms with Crippen LogP contribution in [-0.2, 0) is 16.2 Å². The van der Waals surface area contributed by atoms with Gasteiger partial charge in [-0.2, -0.15) is 0 Å². The van der Waals surface area contributed by atoms with E-state index in [0.717, 1.165) is 16.7 Å². The molecule has 0 saturated carbocycles. The molecule has 1 aliphatic heterocycles. The fraction of sp³-hybridized carbons (Fsp3) is 0.111. The Balaban J connectivity index is 1.62. The smallest absolute Gasteiger partial charge is 0.335 e. The molecule has 7 nitrogen and oxygen atoms in total. The Bertz CT molecular complexity index is 1380. The van der Waals surface area contributed by atoms with Crippen molar-refractivity contribution in [3.63, 3.8) is 0 Å². The highest BCUT2D eigenvalue weighted by atomic mass is 32.1. The van der Waals surface area contributed by atoms with Crippen LogP contribution in [0.15, 0.2) is 72.3 Å². The summed E-state index contributed by atoms with van der Waals surface area (Å²) in [5.41, 5.74) is 3.94. The number of carbonyl (C=O) groups is 3. The number of aryl methyl sites for hydroxylation is 2. The summed E-state index contributed by atoms with van der Waals surface area (Å²) >= 11 is 5.30. The minimum absolute atomic E-state index is 0.0263.